The molecule has 0 unspecified atom stereocenters. The van der Waals surface area contributed by atoms with Gasteiger partial charge in [-0.15, -0.1) is 11.3 Å². The van der Waals surface area contributed by atoms with E-state index in [-0.39, 0.29) is 0 Å². The maximum atomic E-state index is 4.69. The number of rotatable bonds is 3. The molecule has 0 spiro atoms. The molecule has 4 rings (SSSR count). The van der Waals surface area contributed by atoms with Gasteiger partial charge in [0.1, 0.15) is 5.82 Å². The molecule has 0 aromatic carbocycles. The van der Waals surface area contributed by atoms with E-state index < -0.39 is 0 Å². The van der Waals surface area contributed by atoms with Gasteiger partial charge in [-0.3, -0.25) is 4.40 Å². The first-order valence-corrected chi connectivity index (χ1v) is 8.57. The number of aryl methyl sites for hydroxylation is 3. The van der Waals surface area contributed by atoms with Gasteiger partial charge < -0.3 is 4.57 Å². The average Bonchev–Trinajstić information content (AvgIpc) is 3.24. The van der Waals surface area contributed by atoms with Crippen LogP contribution in [0.25, 0.3) is 28.5 Å². The van der Waals surface area contributed by atoms with Gasteiger partial charge in [-0.1, -0.05) is 6.07 Å². The van der Waals surface area contributed by atoms with E-state index in [1.807, 2.05) is 59.6 Å². The normalized spacial score (nSPS) is 11.8. The molecule has 4 aromatic heterocycles. The van der Waals surface area contributed by atoms with Crippen LogP contribution < -0.4 is 0 Å². The molecular weight excluding hydrogens is 318 g/mol. The molecule has 0 bridgehead atoms. The zero-order chi connectivity index (χ0) is 16.7. The summed E-state index contributed by atoms with van der Waals surface area (Å²) in [7, 11) is 2.00. The lowest BCUT2D eigenvalue weighted by Gasteiger charge is -1.98. The quantitative estimate of drug-likeness (QED) is 0.569. The van der Waals surface area contributed by atoms with E-state index in [0.29, 0.717) is 0 Å². The number of fused-ring (bicyclic) bond motifs is 1. The van der Waals surface area contributed by atoms with Crippen molar-refractivity contribution >= 4 is 29.3 Å². The SMILES string of the molecule is Cc1cc(C)n2cc(C=Cc3nc(-c4cccs4)cn3C)nc2n1. The third kappa shape index (κ3) is 2.65. The van der Waals surface area contributed by atoms with Gasteiger partial charge in [-0.25, -0.2) is 15.0 Å². The van der Waals surface area contributed by atoms with E-state index in [1.54, 1.807) is 11.3 Å². The van der Waals surface area contributed by atoms with Gasteiger partial charge in [0, 0.05) is 30.8 Å². The molecular formula is C18H17N5S. The molecule has 6 heteroatoms. The number of thiophene rings is 1. The van der Waals surface area contributed by atoms with Gasteiger partial charge in [-0.05, 0) is 43.5 Å². The van der Waals surface area contributed by atoms with Gasteiger partial charge in [0.25, 0.3) is 0 Å². The van der Waals surface area contributed by atoms with Crippen molar-refractivity contribution in [2.24, 2.45) is 7.05 Å². The Kier molecular flexibility index (Phi) is 3.54. The maximum Gasteiger partial charge on any atom is 0.234 e. The van der Waals surface area contributed by atoms with Gasteiger partial charge in [-0.2, -0.15) is 0 Å². The molecule has 120 valence electrons. The summed E-state index contributed by atoms with van der Waals surface area (Å²) in [5.41, 5.74) is 3.97. The predicted molar refractivity (Wildman–Crippen MR) is 97.9 cm³/mol. The van der Waals surface area contributed by atoms with Gasteiger partial charge in [0.2, 0.25) is 5.78 Å². The van der Waals surface area contributed by atoms with Crippen LogP contribution in [0.2, 0.25) is 0 Å². The molecule has 24 heavy (non-hydrogen) atoms. The fourth-order valence-electron chi connectivity index (χ4n) is 2.71. The van der Waals surface area contributed by atoms with Crippen molar-refractivity contribution in [2.45, 2.75) is 13.8 Å². The van der Waals surface area contributed by atoms with Crippen molar-refractivity contribution in [3.63, 3.8) is 0 Å². The first-order valence-electron chi connectivity index (χ1n) is 7.69. The van der Waals surface area contributed by atoms with Gasteiger partial charge in [0.05, 0.1) is 16.3 Å². The number of nitrogens with zero attached hydrogens (tertiary/aromatic N) is 5. The lowest BCUT2D eigenvalue weighted by molar-refractivity contribution is 0.898. The fraction of sp³-hybridized carbons (Fsp3) is 0.167. The summed E-state index contributed by atoms with van der Waals surface area (Å²) in [6.45, 7) is 4.04. The van der Waals surface area contributed by atoms with Crippen LogP contribution in [0.5, 0.6) is 0 Å². The van der Waals surface area contributed by atoms with Crippen molar-refractivity contribution in [1.82, 2.24) is 23.9 Å². The smallest absolute Gasteiger partial charge is 0.234 e. The van der Waals surface area contributed by atoms with Crippen LogP contribution in [0.1, 0.15) is 22.9 Å². The van der Waals surface area contributed by atoms with Crippen LogP contribution in [0, 0.1) is 13.8 Å². The van der Waals surface area contributed by atoms with Gasteiger partial charge >= 0.3 is 0 Å². The second-order valence-electron chi connectivity index (χ2n) is 5.78. The van der Waals surface area contributed by atoms with E-state index in [9.17, 15) is 0 Å². The van der Waals surface area contributed by atoms with E-state index in [1.165, 1.54) is 4.88 Å². The summed E-state index contributed by atoms with van der Waals surface area (Å²) >= 11 is 1.69. The third-order valence-electron chi connectivity index (χ3n) is 3.87. The zero-order valence-electron chi connectivity index (χ0n) is 13.8. The van der Waals surface area contributed by atoms with E-state index in [2.05, 4.69) is 33.3 Å². The van der Waals surface area contributed by atoms with Crippen LogP contribution in [-0.4, -0.2) is 23.9 Å². The second kappa shape index (κ2) is 5.72. The topological polar surface area (TPSA) is 48.0 Å². The minimum atomic E-state index is 0.728. The number of hydrogen-bond acceptors (Lipinski definition) is 4. The van der Waals surface area contributed by atoms with Crippen LogP contribution in [-0.2, 0) is 7.05 Å². The van der Waals surface area contributed by atoms with E-state index in [0.717, 1.165) is 34.4 Å². The fourth-order valence-corrected chi connectivity index (χ4v) is 3.39. The molecule has 4 heterocycles. The Hall–Kier alpha value is -2.73. The van der Waals surface area contributed by atoms with Gasteiger partial charge in [0.15, 0.2) is 0 Å². The molecule has 0 aliphatic rings. The molecule has 0 amide bonds. The molecule has 0 atom stereocenters. The van der Waals surface area contributed by atoms with Crippen LogP contribution in [0.15, 0.2) is 36.0 Å². The summed E-state index contributed by atoms with van der Waals surface area (Å²) in [6, 6.07) is 6.17. The van der Waals surface area contributed by atoms with E-state index >= 15 is 0 Å². The van der Waals surface area contributed by atoms with E-state index in [4.69, 9.17) is 0 Å². The zero-order valence-corrected chi connectivity index (χ0v) is 14.6. The van der Waals surface area contributed by atoms with Crippen LogP contribution in [0.4, 0.5) is 0 Å². The Morgan fingerprint density at radius 1 is 1.08 bits per heavy atom. The molecule has 0 aliphatic carbocycles. The first-order chi connectivity index (χ1) is 11.6. The number of hydrogen-bond donors (Lipinski definition) is 0. The lowest BCUT2D eigenvalue weighted by atomic mass is 10.3. The lowest BCUT2D eigenvalue weighted by Crippen LogP contribution is -1.94. The highest BCUT2D eigenvalue weighted by Crippen LogP contribution is 2.24. The Bertz CT molecular complexity index is 1040. The molecule has 0 saturated carbocycles. The summed E-state index contributed by atoms with van der Waals surface area (Å²) in [5, 5.41) is 2.06. The standard InChI is InChI=1S/C18H17N5S/c1-12-9-13(2)23-10-14(20-18(23)19-12)6-7-17-21-15(11-22(17)3)16-5-4-8-24-16/h4-11H,1-3H3. The minimum absolute atomic E-state index is 0.728. The molecule has 0 fully saturated rings. The molecule has 0 N–H and O–H groups in total. The Morgan fingerprint density at radius 2 is 1.96 bits per heavy atom. The molecule has 4 aromatic rings. The monoisotopic (exact) mass is 335 g/mol. The van der Waals surface area contributed by atoms with Crippen molar-refractivity contribution in [2.75, 3.05) is 0 Å². The molecule has 0 saturated heterocycles. The average molecular weight is 335 g/mol. The number of imidazole rings is 2. The summed E-state index contributed by atoms with van der Waals surface area (Å²) in [6.07, 6.45) is 8.01. The van der Waals surface area contributed by atoms with Crippen molar-refractivity contribution < 1.29 is 0 Å². The van der Waals surface area contributed by atoms with Crippen molar-refractivity contribution in [3.8, 4) is 10.6 Å². The number of aromatic nitrogens is 5. The summed E-state index contributed by atoms with van der Waals surface area (Å²) < 4.78 is 4.02. The Labute approximate surface area is 144 Å². The van der Waals surface area contributed by atoms with Crippen molar-refractivity contribution in [1.29, 1.82) is 0 Å². The highest BCUT2D eigenvalue weighted by molar-refractivity contribution is 7.13. The highest BCUT2D eigenvalue weighted by atomic mass is 32.1. The molecule has 0 aliphatic heterocycles. The first kappa shape index (κ1) is 14.8. The molecule has 0 radical (unpaired) electrons. The minimum Gasteiger partial charge on any atom is -0.334 e. The second-order valence-corrected chi connectivity index (χ2v) is 6.73. The van der Waals surface area contributed by atoms with Crippen LogP contribution in [0.3, 0.4) is 0 Å². The molecule has 5 nitrogen and oxygen atoms in total. The van der Waals surface area contributed by atoms with Crippen LogP contribution >= 0.6 is 11.3 Å². The van der Waals surface area contributed by atoms with Crippen molar-refractivity contribution in [3.05, 3.63) is 58.9 Å². The Balaban J connectivity index is 1.67. The summed E-state index contributed by atoms with van der Waals surface area (Å²) in [4.78, 5) is 14.9. The Morgan fingerprint density at radius 3 is 2.75 bits per heavy atom. The maximum absolute atomic E-state index is 4.69. The predicted octanol–water partition coefficient (Wildman–Crippen LogP) is 3.98. The largest absolute Gasteiger partial charge is 0.334 e. The third-order valence-corrected chi connectivity index (χ3v) is 4.76. The highest BCUT2D eigenvalue weighted by Gasteiger charge is 2.07. The summed E-state index contributed by atoms with van der Waals surface area (Å²) in [5.74, 6) is 1.63.